The van der Waals surface area contributed by atoms with Gasteiger partial charge in [-0.2, -0.15) is 0 Å². The topological polar surface area (TPSA) is 81.5 Å². The molecule has 120 valence electrons. The van der Waals surface area contributed by atoms with Gasteiger partial charge in [0.2, 0.25) is 5.91 Å². The number of amides is 1. The molecule has 0 saturated carbocycles. The number of rotatable bonds is 6. The molecule has 23 heavy (non-hydrogen) atoms. The molecular weight excluding hydrogens is 303 g/mol. The summed E-state index contributed by atoms with van der Waals surface area (Å²) in [6.45, 7) is 1.84. The Bertz CT molecular complexity index is 717. The first-order valence-electron chi connectivity index (χ1n) is 6.89. The molecule has 1 amide bonds. The van der Waals surface area contributed by atoms with Gasteiger partial charge < -0.3 is 10.1 Å². The van der Waals surface area contributed by atoms with Crippen LogP contribution in [0.25, 0.3) is 0 Å². The molecule has 0 spiro atoms. The van der Waals surface area contributed by atoms with E-state index in [2.05, 4.69) is 5.32 Å². The number of benzene rings is 2. The van der Waals surface area contributed by atoms with E-state index in [0.29, 0.717) is 5.75 Å². The molecule has 1 N–H and O–H groups in total. The van der Waals surface area contributed by atoms with Gasteiger partial charge in [0.1, 0.15) is 11.6 Å². The minimum absolute atomic E-state index is 0.0320. The quantitative estimate of drug-likeness (QED) is 0.653. The zero-order valence-corrected chi connectivity index (χ0v) is 12.4. The van der Waals surface area contributed by atoms with Gasteiger partial charge in [-0.15, -0.1) is 0 Å². The summed E-state index contributed by atoms with van der Waals surface area (Å²) in [6, 6.07) is 10.1. The number of carbonyl (C=O) groups excluding carboxylic acids is 1. The van der Waals surface area contributed by atoms with Crippen LogP contribution in [0.3, 0.4) is 0 Å². The number of halogens is 1. The number of hydrogen-bond acceptors (Lipinski definition) is 4. The number of carbonyl (C=O) groups is 1. The molecule has 2 aromatic carbocycles. The zero-order chi connectivity index (χ0) is 16.8. The maximum atomic E-state index is 13.6. The fourth-order valence-corrected chi connectivity index (χ4v) is 1.86. The summed E-state index contributed by atoms with van der Waals surface area (Å²) >= 11 is 0. The summed E-state index contributed by atoms with van der Waals surface area (Å²) in [4.78, 5) is 21.7. The van der Waals surface area contributed by atoms with Crippen LogP contribution in [-0.4, -0.2) is 17.4 Å². The van der Waals surface area contributed by atoms with E-state index in [1.165, 1.54) is 36.4 Å². The van der Waals surface area contributed by atoms with E-state index in [1.54, 1.807) is 13.0 Å². The van der Waals surface area contributed by atoms with E-state index in [0.717, 1.165) is 5.56 Å². The molecule has 0 atom stereocenters. The Morgan fingerprint density at radius 2 is 1.96 bits per heavy atom. The zero-order valence-electron chi connectivity index (χ0n) is 12.4. The lowest BCUT2D eigenvalue weighted by Crippen LogP contribution is -2.16. The van der Waals surface area contributed by atoms with Crippen LogP contribution in [-0.2, 0) is 4.79 Å². The van der Waals surface area contributed by atoms with Crippen molar-refractivity contribution in [3.63, 3.8) is 0 Å². The molecule has 0 aromatic heterocycles. The van der Waals surface area contributed by atoms with Crippen molar-refractivity contribution in [2.45, 2.75) is 13.3 Å². The fourth-order valence-electron chi connectivity index (χ4n) is 1.86. The summed E-state index contributed by atoms with van der Waals surface area (Å²) in [5.74, 6) is -0.450. The number of nitro groups is 1. The molecular formula is C16H15FN2O4. The van der Waals surface area contributed by atoms with Crippen molar-refractivity contribution < 1.29 is 18.8 Å². The first kappa shape index (κ1) is 16.4. The van der Waals surface area contributed by atoms with Crippen molar-refractivity contribution in [3.05, 3.63) is 64.0 Å². The number of hydrogen-bond donors (Lipinski definition) is 1. The predicted octanol–water partition coefficient (Wildman–Crippen LogP) is 3.45. The van der Waals surface area contributed by atoms with Gasteiger partial charge in [0, 0.05) is 12.1 Å². The van der Waals surface area contributed by atoms with E-state index < -0.39 is 10.7 Å². The molecule has 2 rings (SSSR count). The number of anilines is 1. The van der Waals surface area contributed by atoms with Crippen LogP contribution < -0.4 is 10.1 Å². The Kier molecular flexibility index (Phi) is 5.24. The Hall–Kier alpha value is -2.96. The molecule has 0 aliphatic carbocycles. The molecule has 0 aliphatic heterocycles. The second-order valence-corrected chi connectivity index (χ2v) is 4.88. The number of aryl methyl sites for hydroxylation is 1. The predicted molar refractivity (Wildman–Crippen MR) is 83.0 cm³/mol. The van der Waals surface area contributed by atoms with Crippen molar-refractivity contribution in [2.75, 3.05) is 11.9 Å². The maximum absolute atomic E-state index is 13.6. The molecule has 2 aromatic rings. The number of nitrogens with zero attached hydrogens (tertiary/aromatic N) is 1. The van der Waals surface area contributed by atoms with Crippen LogP contribution in [0.4, 0.5) is 15.8 Å². The van der Waals surface area contributed by atoms with Gasteiger partial charge in [0.15, 0.2) is 0 Å². The monoisotopic (exact) mass is 318 g/mol. The molecule has 0 aliphatic rings. The molecule has 0 radical (unpaired) electrons. The summed E-state index contributed by atoms with van der Waals surface area (Å²) in [6.07, 6.45) is 0.0320. The van der Waals surface area contributed by atoms with E-state index in [-0.39, 0.29) is 30.3 Å². The van der Waals surface area contributed by atoms with Crippen molar-refractivity contribution >= 4 is 17.3 Å². The Morgan fingerprint density at radius 1 is 1.26 bits per heavy atom. The Labute approximate surface area is 132 Å². The van der Waals surface area contributed by atoms with Crippen molar-refractivity contribution in [3.8, 4) is 5.75 Å². The van der Waals surface area contributed by atoms with E-state index in [1.807, 2.05) is 0 Å². The van der Waals surface area contributed by atoms with E-state index in [9.17, 15) is 19.3 Å². The lowest BCUT2D eigenvalue weighted by Gasteiger charge is -2.08. The summed E-state index contributed by atoms with van der Waals surface area (Å²) in [7, 11) is 0. The largest absolute Gasteiger partial charge is 0.493 e. The van der Waals surface area contributed by atoms with E-state index in [4.69, 9.17) is 4.74 Å². The molecule has 0 fully saturated rings. The molecule has 7 heteroatoms. The van der Waals surface area contributed by atoms with Crippen LogP contribution in [0.15, 0.2) is 42.5 Å². The first-order valence-corrected chi connectivity index (χ1v) is 6.89. The molecule has 0 unspecified atom stereocenters. The van der Waals surface area contributed by atoms with Gasteiger partial charge in [-0.3, -0.25) is 14.9 Å². The Balaban J connectivity index is 1.81. The molecule has 0 saturated heterocycles. The van der Waals surface area contributed by atoms with Crippen LogP contribution >= 0.6 is 0 Å². The highest BCUT2D eigenvalue weighted by Crippen LogP contribution is 2.18. The third-order valence-electron chi connectivity index (χ3n) is 3.04. The average molecular weight is 318 g/mol. The second kappa shape index (κ2) is 7.35. The first-order chi connectivity index (χ1) is 11.0. The standard InChI is InChI=1S/C16H15FN2O4/c1-11-2-7-15(14(17)10-11)18-16(20)8-9-23-13-5-3-12(4-6-13)19(21)22/h2-7,10H,8-9H2,1H3,(H,18,20). The summed E-state index contributed by atoms with van der Waals surface area (Å²) < 4.78 is 18.9. The minimum atomic E-state index is -0.507. The van der Waals surface area contributed by atoms with Gasteiger partial charge in [0.25, 0.3) is 5.69 Å². The van der Waals surface area contributed by atoms with Gasteiger partial charge >= 0.3 is 0 Å². The number of non-ortho nitro benzene ring substituents is 1. The van der Waals surface area contributed by atoms with Crippen molar-refractivity contribution in [1.29, 1.82) is 0 Å². The number of nitrogens with one attached hydrogen (secondary N) is 1. The van der Waals surface area contributed by atoms with Crippen molar-refractivity contribution in [1.82, 2.24) is 0 Å². The van der Waals surface area contributed by atoms with Gasteiger partial charge in [-0.1, -0.05) is 6.07 Å². The molecule has 0 bridgehead atoms. The van der Waals surface area contributed by atoms with Gasteiger partial charge in [0.05, 0.1) is 23.6 Å². The highest BCUT2D eigenvalue weighted by atomic mass is 19.1. The lowest BCUT2D eigenvalue weighted by molar-refractivity contribution is -0.384. The van der Waals surface area contributed by atoms with E-state index >= 15 is 0 Å². The molecule has 6 nitrogen and oxygen atoms in total. The molecule has 0 heterocycles. The van der Waals surface area contributed by atoms with Crippen LogP contribution in [0.5, 0.6) is 5.75 Å². The van der Waals surface area contributed by atoms with Gasteiger partial charge in [-0.25, -0.2) is 4.39 Å². The maximum Gasteiger partial charge on any atom is 0.269 e. The third-order valence-corrected chi connectivity index (χ3v) is 3.04. The highest BCUT2D eigenvalue weighted by molar-refractivity contribution is 5.90. The Morgan fingerprint density at radius 3 is 2.57 bits per heavy atom. The highest BCUT2D eigenvalue weighted by Gasteiger charge is 2.08. The lowest BCUT2D eigenvalue weighted by atomic mass is 10.2. The SMILES string of the molecule is Cc1ccc(NC(=O)CCOc2ccc([N+](=O)[O-])cc2)c(F)c1. The van der Waals surface area contributed by atoms with Gasteiger partial charge in [-0.05, 0) is 36.8 Å². The van der Waals surface area contributed by atoms with Crippen LogP contribution in [0, 0.1) is 22.9 Å². The summed E-state index contributed by atoms with van der Waals surface area (Å²) in [5.41, 5.74) is 0.850. The average Bonchev–Trinajstić information content (AvgIpc) is 2.50. The number of nitro benzene ring substituents is 1. The summed E-state index contributed by atoms with van der Waals surface area (Å²) in [5, 5.41) is 13.0. The van der Waals surface area contributed by atoms with Crippen molar-refractivity contribution in [2.24, 2.45) is 0 Å². The fraction of sp³-hybridized carbons (Fsp3) is 0.188. The smallest absolute Gasteiger partial charge is 0.269 e. The second-order valence-electron chi connectivity index (χ2n) is 4.88. The van der Waals surface area contributed by atoms with Crippen LogP contribution in [0.2, 0.25) is 0 Å². The third kappa shape index (κ3) is 4.77. The number of ether oxygens (including phenoxy) is 1. The van der Waals surface area contributed by atoms with Crippen LogP contribution in [0.1, 0.15) is 12.0 Å². The minimum Gasteiger partial charge on any atom is -0.493 e. The normalized spacial score (nSPS) is 10.2.